The molecule has 0 atom stereocenters. The fourth-order valence-corrected chi connectivity index (χ4v) is 1.52. The van der Waals surface area contributed by atoms with Gasteiger partial charge in [0.2, 0.25) is 0 Å². The van der Waals surface area contributed by atoms with E-state index < -0.39 is 17.6 Å². The number of hydrogen-bond donors (Lipinski definition) is 0. The van der Waals surface area contributed by atoms with Crippen molar-refractivity contribution in [2.45, 2.75) is 13.1 Å². The topological polar surface area (TPSA) is 25.8 Å². The molecule has 0 fully saturated rings. The average molecular weight is 230 g/mol. The van der Waals surface area contributed by atoms with E-state index in [0.29, 0.717) is 6.07 Å². The van der Waals surface area contributed by atoms with E-state index in [2.05, 4.69) is 10.2 Å². The van der Waals surface area contributed by atoms with Crippen molar-refractivity contribution in [3.8, 4) is 0 Å². The van der Waals surface area contributed by atoms with Crippen LogP contribution in [-0.4, -0.2) is 10.2 Å². The van der Waals surface area contributed by atoms with Crippen molar-refractivity contribution in [1.29, 1.82) is 0 Å². The Morgan fingerprint density at radius 2 is 1.81 bits per heavy atom. The van der Waals surface area contributed by atoms with Gasteiger partial charge in [-0.25, -0.2) is 4.39 Å². The summed E-state index contributed by atoms with van der Waals surface area (Å²) < 4.78 is 50.9. The number of aryl methyl sites for hydroxylation is 1. The monoisotopic (exact) mass is 230 g/mol. The second-order valence-electron chi connectivity index (χ2n) is 3.34. The van der Waals surface area contributed by atoms with Crippen LogP contribution in [0.25, 0.3) is 10.8 Å². The summed E-state index contributed by atoms with van der Waals surface area (Å²) in [7, 11) is 0. The van der Waals surface area contributed by atoms with E-state index in [1.165, 1.54) is 6.92 Å². The Morgan fingerprint density at radius 1 is 1.12 bits per heavy atom. The van der Waals surface area contributed by atoms with Crippen LogP contribution in [0, 0.1) is 12.7 Å². The summed E-state index contributed by atoms with van der Waals surface area (Å²) in [6.45, 7) is 1.48. The van der Waals surface area contributed by atoms with Gasteiger partial charge in [-0.05, 0) is 19.1 Å². The van der Waals surface area contributed by atoms with Gasteiger partial charge in [-0.1, -0.05) is 0 Å². The van der Waals surface area contributed by atoms with E-state index in [4.69, 9.17) is 0 Å². The predicted molar refractivity (Wildman–Crippen MR) is 49.2 cm³/mol. The Kier molecular flexibility index (Phi) is 2.29. The molecule has 84 valence electrons. The molecule has 1 aromatic carbocycles. The van der Waals surface area contributed by atoms with Crippen LogP contribution in [0.5, 0.6) is 0 Å². The van der Waals surface area contributed by atoms with Crippen LogP contribution in [-0.2, 0) is 6.18 Å². The molecule has 0 aliphatic heterocycles. The minimum Gasteiger partial charge on any atom is -0.207 e. The molecule has 0 aliphatic carbocycles. The van der Waals surface area contributed by atoms with E-state index in [9.17, 15) is 17.6 Å². The van der Waals surface area contributed by atoms with Crippen LogP contribution in [0.2, 0.25) is 0 Å². The van der Waals surface area contributed by atoms with Gasteiger partial charge in [-0.3, -0.25) is 0 Å². The summed E-state index contributed by atoms with van der Waals surface area (Å²) in [5.41, 5.74) is -0.761. The summed E-state index contributed by atoms with van der Waals surface area (Å²) in [6.07, 6.45) is -3.61. The molecule has 0 N–H and O–H groups in total. The normalized spacial score (nSPS) is 12.1. The van der Waals surface area contributed by atoms with E-state index in [1.807, 2.05) is 0 Å². The van der Waals surface area contributed by atoms with Gasteiger partial charge in [0.1, 0.15) is 5.82 Å². The first-order chi connectivity index (χ1) is 7.39. The zero-order valence-corrected chi connectivity index (χ0v) is 8.14. The maximum Gasteiger partial charge on any atom is 0.417 e. The highest BCUT2D eigenvalue weighted by Gasteiger charge is 2.33. The minimum absolute atomic E-state index is 0.127. The van der Waals surface area contributed by atoms with Crippen molar-refractivity contribution in [1.82, 2.24) is 10.2 Å². The SMILES string of the molecule is Cc1nncc2c(C(F)(F)F)cc(F)cc12. The Balaban J connectivity index is 2.89. The number of nitrogens with zero attached hydrogens (tertiary/aromatic N) is 2. The smallest absolute Gasteiger partial charge is 0.207 e. The Hall–Kier alpha value is -1.72. The van der Waals surface area contributed by atoms with Gasteiger partial charge in [-0.2, -0.15) is 23.4 Å². The second kappa shape index (κ2) is 3.40. The highest BCUT2D eigenvalue weighted by Crippen LogP contribution is 2.35. The standard InChI is InChI=1S/C10H6F4N2/c1-5-7-2-6(11)3-9(10(12,13)14)8(7)4-15-16-5/h2-4H,1H3. The minimum atomic E-state index is -4.60. The molecule has 0 unspecified atom stereocenters. The first-order valence-corrected chi connectivity index (χ1v) is 4.38. The fraction of sp³-hybridized carbons (Fsp3) is 0.200. The molecule has 6 heteroatoms. The number of aromatic nitrogens is 2. The van der Waals surface area contributed by atoms with E-state index in [0.717, 1.165) is 12.3 Å². The first-order valence-electron chi connectivity index (χ1n) is 4.38. The lowest BCUT2D eigenvalue weighted by molar-refractivity contribution is -0.136. The van der Waals surface area contributed by atoms with Crippen LogP contribution >= 0.6 is 0 Å². The summed E-state index contributed by atoms with van der Waals surface area (Å²) in [5.74, 6) is -0.934. The first kappa shape index (κ1) is 10.8. The van der Waals surface area contributed by atoms with Crippen molar-refractivity contribution in [3.05, 3.63) is 35.4 Å². The van der Waals surface area contributed by atoms with Crippen molar-refractivity contribution in [3.63, 3.8) is 0 Å². The molecule has 0 radical (unpaired) electrons. The maximum atomic E-state index is 13.1. The summed E-state index contributed by atoms with van der Waals surface area (Å²) in [5, 5.41) is 7.02. The van der Waals surface area contributed by atoms with Crippen LogP contribution in [0.15, 0.2) is 18.3 Å². The zero-order valence-electron chi connectivity index (χ0n) is 8.14. The third-order valence-corrected chi connectivity index (χ3v) is 2.23. The molecule has 0 saturated heterocycles. The van der Waals surface area contributed by atoms with Crippen molar-refractivity contribution in [2.24, 2.45) is 0 Å². The third kappa shape index (κ3) is 1.70. The quantitative estimate of drug-likeness (QED) is 0.650. The summed E-state index contributed by atoms with van der Waals surface area (Å²) >= 11 is 0. The summed E-state index contributed by atoms with van der Waals surface area (Å²) in [4.78, 5) is 0. The van der Waals surface area contributed by atoms with Gasteiger partial charge in [0, 0.05) is 10.8 Å². The average Bonchev–Trinajstić information content (AvgIpc) is 2.17. The molecule has 0 saturated carbocycles. The molecular weight excluding hydrogens is 224 g/mol. The molecule has 0 aliphatic rings. The Labute approximate surface area is 87.9 Å². The van der Waals surface area contributed by atoms with Crippen LogP contribution in [0.4, 0.5) is 17.6 Å². The molecular formula is C10H6F4N2. The zero-order chi connectivity index (χ0) is 11.9. The largest absolute Gasteiger partial charge is 0.417 e. The number of halogens is 4. The molecule has 0 spiro atoms. The highest BCUT2D eigenvalue weighted by molar-refractivity contribution is 5.87. The summed E-state index contributed by atoms with van der Waals surface area (Å²) in [6, 6.07) is 1.48. The molecule has 1 aromatic heterocycles. The van der Waals surface area contributed by atoms with Crippen molar-refractivity contribution < 1.29 is 17.6 Å². The number of alkyl halides is 3. The van der Waals surface area contributed by atoms with E-state index >= 15 is 0 Å². The Morgan fingerprint density at radius 3 is 2.44 bits per heavy atom. The molecule has 1 heterocycles. The van der Waals surface area contributed by atoms with Crippen LogP contribution < -0.4 is 0 Å². The Bertz CT molecular complexity index is 548. The molecule has 16 heavy (non-hydrogen) atoms. The number of rotatable bonds is 0. The van der Waals surface area contributed by atoms with Crippen molar-refractivity contribution in [2.75, 3.05) is 0 Å². The van der Waals surface area contributed by atoms with Crippen molar-refractivity contribution >= 4 is 10.8 Å². The van der Waals surface area contributed by atoms with Crippen LogP contribution in [0.3, 0.4) is 0 Å². The van der Waals surface area contributed by atoms with Gasteiger partial charge in [0.05, 0.1) is 17.5 Å². The lowest BCUT2D eigenvalue weighted by Gasteiger charge is -2.10. The fourth-order valence-electron chi connectivity index (χ4n) is 1.52. The van der Waals surface area contributed by atoms with Gasteiger partial charge in [0.15, 0.2) is 0 Å². The lowest BCUT2D eigenvalue weighted by Crippen LogP contribution is -2.07. The highest BCUT2D eigenvalue weighted by atomic mass is 19.4. The predicted octanol–water partition coefficient (Wildman–Crippen LogP) is 3.10. The number of fused-ring (bicyclic) bond motifs is 1. The third-order valence-electron chi connectivity index (χ3n) is 2.23. The van der Waals surface area contributed by atoms with Gasteiger partial charge in [0.25, 0.3) is 0 Å². The molecule has 0 amide bonds. The van der Waals surface area contributed by atoms with Gasteiger partial charge < -0.3 is 0 Å². The number of hydrogen-bond acceptors (Lipinski definition) is 2. The molecule has 2 aromatic rings. The van der Waals surface area contributed by atoms with E-state index in [-0.39, 0.29) is 16.5 Å². The van der Waals surface area contributed by atoms with Gasteiger partial charge in [-0.15, -0.1) is 0 Å². The lowest BCUT2D eigenvalue weighted by atomic mass is 10.1. The van der Waals surface area contributed by atoms with Gasteiger partial charge >= 0.3 is 6.18 Å². The van der Waals surface area contributed by atoms with E-state index in [1.54, 1.807) is 0 Å². The number of benzene rings is 1. The molecule has 0 bridgehead atoms. The van der Waals surface area contributed by atoms with Crippen LogP contribution in [0.1, 0.15) is 11.3 Å². The maximum absolute atomic E-state index is 13.1. The second-order valence-corrected chi connectivity index (χ2v) is 3.34. The molecule has 2 nitrogen and oxygen atoms in total. The molecule has 2 rings (SSSR count).